The fourth-order valence-corrected chi connectivity index (χ4v) is 1.88. The van der Waals surface area contributed by atoms with Crippen molar-refractivity contribution in [1.29, 1.82) is 0 Å². The lowest BCUT2D eigenvalue weighted by atomic mass is 9.82. The highest BCUT2D eigenvalue weighted by molar-refractivity contribution is 6.16. The molecule has 0 saturated heterocycles. The number of rotatable bonds is 7. The van der Waals surface area contributed by atoms with Crippen molar-refractivity contribution >= 4 is 17.7 Å². The van der Waals surface area contributed by atoms with E-state index >= 15 is 0 Å². The third kappa shape index (κ3) is 3.34. The van der Waals surface area contributed by atoms with E-state index in [1.54, 1.807) is 0 Å². The Bertz CT molecular complexity index is 573. The van der Waals surface area contributed by atoms with Crippen LogP contribution in [0.5, 0.6) is 11.5 Å². The number of Topliss-reactive ketones (excluding diaryl/α,β-unsaturated/α-hetero) is 1. The van der Waals surface area contributed by atoms with Crippen molar-refractivity contribution in [3.8, 4) is 11.5 Å². The Hall–Kier alpha value is -2.61. The van der Waals surface area contributed by atoms with E-state index in [4.69, 9.17) is 25.4 Å². The number of carboxylic acids is 2. The number of carbonyl (C=O) groups excluding carboxylic acids is 1. The van der Waals surface area contributed by atoms with E-state index in [2.05, 4.69) is 0 Å². The van der Waals surface area contributed by atoms with E-state index in [9.17, 15) is 14.4 Å². The maximum Gasteiger partial charge on any atom is 0.325 e. The number of nitrogens with two attached hydrogens (primary N) is 1. The Balaban J connectivity index is 3.36. The second-order valence-electron chi connectivity index (χ2n) is 4.78. The number of methoxy groups -OCH3 is 2. The quantitative estimate of drug-likeness (QED) is 0.609. The number of carbonyl (C=O) groups is 3. The highest BCUT2D eigenvalue weighted by atomic mass is 16.5. The summed E-state index contributed by atoms with van der Waals surface area (Å²) in [7, 11) is 2.79. The molecule has 0 bridgehead atoms. The van der Waals surface area contributed by atoms with Crippen LogP contribution in [0.4, 0.5) is 0 Å². The summed E-state index contributed by atoms with van der Waals surface area (Å²) in [6, 6.07) is 4.37. The van der Waals surface area contributed by atoms with Gasteiger partial charge in [-0.1, -0.05) is 0 Å². The molecule has 0 amide bonds. The molecule has 1 aromatic carbocycles. The Morgan fingerprint density at radius 3 is 1.77 bits per heavy atom. The van der Waals surface area contributed by atoms with Crippen LogP contribution in [0.2, 0.25) is 0 Å². The molecule has 1 unspecified atom stereocenters. The molecule has 8 heteroatoms. The van der Waals surface area contributed by atoms with Crippen LogP contribution in [0.15, 0.2) is 18.2 Å². The van der Waals surface area contributed by atoms with Crippen LogP contribution in [0.25, 0.3) is 0 Å². The predicted octanol–water partition coefficient (Wildman–Crippen LogP) is 0.232. The third-order valence-electron chi connectivity index (χ3n) is 3.22. The number of hydrogen-bond acceptors (Lipinski definition) is 6. The molecule has 120 valence electrons. The van der Waals surface area contributed by atoms with Crippen LogP contribution in [0.1, 0.15) is 12.5 Å². The summed E-state index contributed by atoms with van der Waals surface area (Å²) < 4.78 is 10.1. The van der Waals surface area contributed by atoms with Crippen molar-refractivity contribution in [3.63, 3.8) is 0 Å². The first-order chi connectivity index (χ1) is 10.1. The van der Waals surface area contributed by atoms with Crippen molar-refractivity contribution in [3.05, 3.63) is 23.8 Å². The first-order valence-corrected chi connectivity index (χ1v) is 6.17. The zero-order chi connectivity index (χ0) is 17.1. The van der Waals surface area contributed by atoms with Gasteiger partial charge in [0, 0.05) is 6.07 Å². The standard InChI is InChI=1S/C14H17NO7/c1-14(15,11(16)10(12(17)18)13(19)20)7-4-8(21-2)6-9(5-7)22-3/h4-6,10H,15H2,1-3H3,(H,17,18)(H,19,20). The van der Waals surface area contributed by atoms with Crippen molar-refractivity contribution in [2.24, 2.45) is 11.7 Å². The minimum atomic E-state index is -2.26. The lowest BCUT2D eigenvalue weighted by Gasteiger charge is -2.26. The van der Waals surface area contributed by atoms with Crippen LogP contribution in [0.3, 0.4) is 0 Å². The van der Waals surface area contributed by atoms with Gasteiger partial charge in [0.2, 0.25) is 5.92 Å². The van der Waals surface area contributed by atoms with Crippen LogP contribution < -0.4 is 15.2 Å². The van der Waals surface area contributed by atoms with Gasteiger partial charge in [0.15, 0.2) is 5.78 Å². The third-order valence-corrected chi connectivity index (χ3v) is 3.22. The molecule has 4 N–H and O–H groups in total. The molecule has 0 fully saturated rings. The summed E-state index contributed by atoms with van der Waals surface area (Å²) in [5, 5.41) is 17.8. The van der Waals surface area contributed by atoms with Crippen LogP contribution in [-0.4, -0.2) is 42.2 Å². The molecular weight excluding hydrogens is 294 g/mol. The molecule has 0 aliphatic carbocycles. The fourth-order valence-electron chi connectivity index (χ4n) is 1.88. The predicted molar refractivity (Wildman–Crippen MR) is 74.9 cm³/mol. The van der Waals surface area contributed by atoms with E-state index in [-0.39, 0.29) is 5.56 Å². The van der Waals surface area contributed by atoms with Gasteiger partial charge in [-0.2, -0.15) is 0 Å². The summed E-state index contributed by atoms with van der Waals surface area (Å²) in [5.41, 5.74) is 4.26. The van der Waals surface area contributed by atoms with Crippen molar-refractivity contribution < 1.29 is 34.1 Å². The van der Waals surface area contributed by atoms with Crippen molar-refractivity contribution in [2.45, 2.75) is 12.5 Å². The molecule has 0 radical (unpaired) electrons. The molecule has 0 aromatic heterocycles. The maximum atomic E-state index is 12.3. The molecule has 0 heterocycles. The molecule has 0 aliphatic heterocycles. The topological polar surface area (TPSA) is 136 Å². The van der Waals surface area contributed by atoms with E-state index in [0.717, 1.165) is 0 Å². The maximum absolute atomic E-state index is 12.3. The monoisotopic (exact) mass is 311 g/mol. The molecule has 0 saturated carbocycles. The number of benzene rings is 1. The fraction of sp³-hybridized carbons (Fsp3) is 0.357. The molecule has 0 aliphatic rings. The Labute approximate surface area is 126 Å². The Morgan fingerprint density at radius 2 is 1.45 bits per heavy atom. The lowest BCUT2D eigenvalue weighted by Crippen LogP contribution is -2.49. The number of ether oxygens (including phenoxy) is 2. The highest BCUT2D eigenvalue weighted by Crippen LogP contribution is 2.30. The van der Waals surface area contributed by atoms with Gasteiger partial charge in [0.05, 0.1) is 19.8 Å². The minimum Gasteiger partial charge on any atom is -0.497 e. The summed E-state index contributed by atoms with van der Waals surface area (Å²) in [5.74, 6) is -6.29. The first kappa shape index (κ1) is 17.4. The number of ketones is 1. The Kier molecular flexibility index (Phi) is 5.10. The SMILES string of the molecule is COc1cc(OC)cc(C(C)(N)C(=O)C(C(=O)O)C(=O)O)c1. The molecule has 1 aromatic rings. The largest absolute Gasteiger partial charge is 0.497 e. The van der Waals surface area contributed by atoms with Gasteiger partial charge in [0.1, 0.15) is 11.5 Å². The molecule has 0 spiro atoms. The highest BCUT2D eigenvalue weighted by Gasteiger charge is 2.44. The average molecular weight is 311 g/mol. The van der Waals surface area contributed by atoms with Gasteiger partial charge in [-0.3, -0.25) is 14.4 Å². The summed E-state index contributed by atoms with van der Waals surface area (Å²) in [6.07, 6.45) is 0. The summed E-state index contributed by atoms with van der Waals surface area (Å²) >= 11 is 0. The first-order valence-electron chi connectivity index (χ1n) is 6.17. The van der Waals surface area contributed by atoms with Crippen LogP contribution >= 0.6 is 0 Å². The molecule has 8 nitrogen and oxygen atoms in total. The number of aliphatic carboxylic acids is 2. The van der Waals surface area contributed by atoms with Crippen molar-refractivity contribution in [1.82, 2.24) is 0 Å². The van der Waals surface area contributed by atoms with Crippen molar-refractivity contribution in [2.75, 3.05) is 14.2 Å². The number of hydrogen-bond donors (Lipinski definition) is 3. The summed E-state index contributed by atoms with van der Waals surface area (Å²) in [6.45, 7) is 1.24. The van der Waals surface area contributed by atoms with Crippen LogP contribution in [0, 0.1) is 5.92 Å². The smallest absolute Gasteiger partial charge is 0.325 e. The van der Waals surface area contributed by atoms with Gasteiger partial charge in [-0.05, 0) is 24.6 Å². The minimum absolute atomic E-state index is 0.182. The number of carboxylic acid groups (broad SMARTS) is 2. The zero-order valence-corrected chi connectivity index (χ0v) is 12.3. The molecule has 22 heavy (non-hydrogen) atoms. The van der Waals surface area contributed by atoms with E-state index < -0.39 is 29.2 Å². The molecular formula is C14H17NO7. The van der Waals surface area contributed by atoms with Crippen LogP contribution in [-0.2, 0) is 19.9 Å². The van der Waals surface area contributed by atoms with Gasteiger partial charge in [-0.25, -0.2) is 0 Å². The normalized spacial score (nSPS) is 13.3. The van der Waals surface area contributed by atoms with Gasteiger partial charge >= 0.3 is 11.9 Å². The van der Waals surface area contributed by atoms with Gasteiger partial charge in [0.25, 0.3) is 0 Å². The molecule has 1 rings (SSSR count). The van der Waals surface area contributed by atoms with E-state index in [1.165, 1.54) is 39.3 Å². The lowest BCUT2D eigenvalue weighted by molar-refractivity contribution is -0.159. The van der Waals surface area contributed by atoms with E-state index in [0.29, 0.717) is 11.5 Å². The molecule has 1 atom stereocenters. The van der Waals surface area contributed by atoms with Gasteiger partial charge in [-0.15, -0.1) is 0 Å². The average Bonchev–Trinajstić information content (AvgIpc) is 2.45. The zero-order valence-electron chi connectivity index (χ0n) is 12.3. The van der Waals surface area contributed by atoms with Gasteiger partial charge < -0.3 is 25.4 Å². The second-order valence-corrected chi connectivity index (χ2v) is 4.78. The second kappa shape index (κ2) is 6.44. The summed E-state index contributed by atoms with van der Waals surface area (Å²) in [4.78, 5) is 34.3. The van der Waals surface area contributed by atoms with E-state index in [1.807, 2.05) is 0 Å². The Morgan fingerprint density at radius 1 is 1.05 bits per heavy atom.